The van der Waals surface area contributed by atoms with E-state index in [1.807, 2.05) is 53.3 Å². The van der Waals surface area contributed by atoms with Crippen LogP contribution in [0, 0.1) is 20.8 Å². The number of carbonyl (C=O) groups excluding carboxylic acids is 1. The molecule has 0 unspecified atom stereocenters. The molecule has 2 aromatic heterocycles. The first-order valence-corrected chi connectivity index (χ1v) is 11.4. The van der Waals surface area contributed by atoms with Gasteiger partial charge in [0.15, 0.2) is 11.0 Å². The average molecular weight is 435 g/mol. The Morgan fingerprint density at radius 1 is 1.03 bits per heavy atom. The molecule has 0 saturated carbocycles. The highest BCUT2D eigenvalue weighted by Crippen LogP contribution is 2.32. The quantitative estimate of drug-likeness (QED) is 0.398. The van der Waals surface area contributed by atoms with Crippen molar-refractivity contribution in [2.75, 3.05) is 11.1 Å². The maximum Gasteiger partial charge on any atom is 0.234 e. The largest absolute Gasteiger partial charge is 0.325 e. The molecule has 30 heavy (non-hydrogen) atoms. The number of hydrogen-bond donors (Lipinski definition) is 1. The smallest absolute Gasteiger partial charge is 0.234 e. The first kappa shape index (κ1) is 20.4. The molecule has 2 heterocycles. The minimum Gasteiger partial charge on any atom is -0.325 e. The van der Waals surface area contributed by atoms with Crippen molar-refractivity contribution in [1.82, 2.24) is 14.8 Å². The van der Waals surface area contributed by atoms with Crippen LogP contribution in [0.1, 0.15) is 16.7 Å². The molecule has 5 nitrogen and oxygen atoms in total. The standard InChI is InChI=1S/C23H22N4OS2/c1-15-6-9-18(10-7-15)24-21(28)14-30-23-26-25-22(20-5-4-12-29-20)27(23)19-11-8-16(2)13-17(19)3/h4-13H,14H2,1-3H3,(H,24,28). The Morgan fingerprint density at radius 2 is 1.80 bits per heavy atom. The number of carbonyl (C=O) groups is 1. The van der Waals surface area contributed by atoms with Crippen molar-refractivity contribution in [3.05, 3.63) is 76.7 Å². The summed E-state index contributed by atoms with van der Waals surface area (Å²) in [5.41, 5.74) is 5.31. The number of benzene rings is 2. The predicted molar refractivity (Wildman–Crippen MR) is 125 cm³/mol. The van der Waals surface area contributed by atoms with Gasteiger partial charge in [0, 0.05) is 5.69 Å². The van der Waals surface area contributed by atoms with Crippen LogP contribution in [0.4, 0.5) is 5.69 Å². The topological polar surface area (TPSA) is 59.8 Å². The first-order valence-electron chi connectivity index (χ1n) is 9.57. The highest BCUT2D eigenvalue weighted by Gasteiger charge is 2.19. The molecule has 0 fully saturated rings. The van der Waals surface area contributed by atoms with Crippen molar-refractivity contribution in [3.8, 4) is 16.4 Å². The molecule has 1 amide bonds. The number of nitrogens with one attached hydrogen (secondary N) is 1. The van der Waals surface area contributed by atoms with Gasteiger partial charge in [-0.15, -0.1) is 21.5 Å². The number of anilines is 1. The van der Waals surface area contributed by atoms with Crippen molar-refractivity contribution in [2.24, 2.45) is 0 Å². The van der Waals surface area contributed by atoms with Gasteiger partial charge in [-0.3, -0.25) is 9.36 Å². The maximum atomic E-state index is 12.5. The second-order valence-corrected chi connectivity index (χ2v) is 9.00. The van der Waals surface area contributed by atoms with Crippen LogP contribution >= 0.6 is 23.1 Å². The molecule has 0 saturated heterocycles. The SMILES string of the molecule is Cc1ccc(NC(=O)CSc2nnc(-c3cccs3)n2-c2ccc(C)cc2C)cc1. The zero-order chi connectivity index (χ0) is 21.1. The highest BCUT2D eigenvalue weighted by atomic mass is 32.2. The van der Waals surface area contributed by atoms with Crippen LogP contribution in [-0.4, -0.2) is 26.4 Å². The fourth-order valence-electron chi connectivity index (χ4n) is 3.17. The van der Waals surface area contributed by atoms with Gasteiger partial charge in [0.05, 0.1) is 16.3 Å². The van der Waals surface area contributed by atoms with Crippen molar-refractivity contribution in [2.45, 2.75) is 25.9 Å². The third-order valence-corrected chi connectivity index (χ3v) is 6.43. The van der Waals surface area contributed by atoms with Gasteiger partial charge >= 0.3 is 0 Å². The lowest BCUT2D eigenvalue weighted by Gasteiger charge is -2.13. The maximum absolute atomic E-state index is 12.5. The lowest BCUT2D eigenvalue weighted by Crippen LogP contribution is -2.14. The van der Waals surface area contributed by atoms with E-state index < -0.39 is 0 Å². The van der Waals surface area contributed by atoms with Gasteiger partial charge in [-0.1, -0.05) is 53.2 Å². The Balaban J connectivity index is 1.60. The van der Waals surface area contributed by atoms with E-state index in [-0.39, 0.29) is 11.7 Å². The van der Waals surface area contributed by atoms with Gasteiger partial charge in [0.25, 0.3) is 0 Å². The summed E-state index contributed by atoms with van der Waals surface area (Å²) in [5, 5.41) is 14.5. The minimum atomic E-state index is -0.0725. The van der Waals surface area contributed by atoms with E-state index in [1.54, 1.807) is 11.3 Å². The normalized spacial score (nSPS) is 10.9. The second-order valence-electron chi connectivity index (χ2n) is 7.11. The molecular weight excluding hydrogens is 412 g/mol. The van der Waals surface area contributed by atoms with E-state index >= 15 is 0 Å². The number of nitrogens with zero attached hydrogens (tertiary/aromatic N) is 3. The Bertz CT molecular complexity index is 1160. The summed E-state index contributed by atoms with van der Waals surface area (Å²) in [6, 6.07) is 18.1. The van der Waals surface area contributed by atoms with Crippen molar-refractivity contribution in [1.29, 1.82) is 0 Å². The highest BCUT2D eigenvalue weighted by molar-refractivity contribution is 7.99. The van der Waals surface area contributed by atoms with Gasteiger partial charge in [-0.05, 0) is 56.0 Å². The van der Waals surface area contributed by atoms with Gasteiger partial charge in [-0.25, -0.2) is 0 Å². The fraction of sp³-hybridized carbons (Fsp3) is 0.174. The molecule has 152 valence electrons. The van der Waals surface area contributed by atoms with E-state index in [2.05, 4.69) is 47.6 Å². The third-order valence-electron chi connectivity index (χ3n) is 4.64. The van der Waals surface area contributed by atoms with E-state index in [0.717, 1.165) is 33.2 Å². The number of rotatable bonds is 6. The van der Waals surface area contributed by atoms with Gasteiger partial charge in [0.1, 0.15) is 0 Å². The summed E-state index contributed by atoms with van der Waals surface area (Å²) < 4.78 is 2.05. The van der Waals surface area contributed by atoms with Gasteiger partial charge < -0.3 is 5.32 Å². The lowest BCUT2D eigenvalue weighted by molar-refractivity contribution is -0.113. The number of thiophene rings is 1. The van der Waals surface area contributed by atoms with Crippen molar-refractivity contribution in [3.63, 3.8) is 0 Å². The number of amides is 1. The number of thioether (sulfide) groups is 1. The van der Waals surface area contributed by atoms with Crippen LogP contribution in [-0.2, 0) is 4.79 Å². The average Bonchev–Trinajstić information content (AvgIpc) is 3.38. The van der Waals surface area contributed by atoms with Crippen LogP contribution < -0.4 is 5.32 Å². The molecule has 4 rings (SSSR count). The second kappa shape index (κ2) is 8.85. The minimum absolute atomic E-state index is 0.0725. The van der Waals surface area contributed by atoms with Crippen LogP contribution in [0.5, 0.6) is 0 Å². The van der Waals surface area contributed by atoms with Gasteiger partial charge in [-0.2, -0.15) is 0 Å². The number of hydrogen-bond acceptors (Lipinski definition) is 5. The van der Waals surface area contributed by atoms with Gasteiger partial charge in [0.2, 0.25) is 5.91 Å². The number of aryl methyl sites for hydroxylation is 3. The Hall–Kier alpha value is -2.90. The van der Waals surface area contributed by atoms with E-state index in [9.17, 15) is 4.79 Å². The zero-order valence-electron chi connectivity index (χ0n) is 17.0. The summed E-state index contributed by atoms with van der Waals surface area (Å²) >= 11 is 3.01. The van der Waals surface area contributed by atoms with Crippen LogP contribution in [0.15, 0.2) is 65.1 Å². The summed E-state index contributed by atoms with van der Waals surface area (Å²) in [5.74, 6) is 0.969. The third kappa shape index (κ3) is 4.47. The lowest BCUT2D eigenvalue weighted by atomic mass is 10.1. The molecule has 0 aliphatic carbocycles. The molecule has 4 aromatic rings. The fourth-order valence-corrected chi connectivity index (χ4v) is 4.61. The molecule has 0 radical (unpaired) electrons. The first-order chi connectivity index (χ1) is 14.5. The predicted octanol–water partition coefficient (Wildman–Crippen LogP) is 5.65. The Morgan fingerprint density at radius 3 is 2.50 bits per heavy atom. The van der Waals surface area contributed by atoms with E-state index in [4.69, 9.17) is 0 Å². The Kier molecular flexibility index (Phi) is 6.01. The summed E-state index contributed by atoms with van der Waals surface area (Å²) in [4.78, 5) is 13.5. The molecule has 0 spiro atoms. The molecule has 0 aliphatic rings. The van der Waals surface area contributed by atoms with E-state index in [1.165, 1.54) is 17.3 Å². The molecular formula is C23H22N4OS2. The molecule has 0 bridgehead atoms. The molecule has 0 aliphatic heterocycles. The summed E-state index contributed by atoms with van der Waals surface area (Å²) in [7, 11) is 0. The van der Waals surface area contributed by atoms with Crippen molar-refractivity contribution >= 4 is 34.7 Å². The summed E-state index contributed by atoms with van der Waals surface area (Å²) in [6.07, 6.45) is 0. The molecule has 2 aromatic carbocycles. The number of aromatic nitrogens is 3. The van der Waals surface area contributed by atoms with Crippen LogP contribution in [0.3, 0.4) is 0 Å². The monoisotopic (exact) mass is 434 g/mol. The zero-order valence-corrected chi connectivity index (χ0v) is 18.7. The van der Waals surface area contributed by atoms with Crippen LogP contribution in [0.25, 0.3) is 16.4 Å². The molecule has 7 heteroatoms. The van der Waals surface area contributed by atoms with Crippen LogP contribution in [0.2, 0.25) is 0 Å². The van der Waals surface area contributed by atoms with Crippen molar-refractivity contribution < 1.29 is 4.79 Å². The summed E-state index contributed by atoms with van der Waals surface area (Å²) in [6.45, 7) is 6.18. The molecule has 0 atom stereocenters. The Labute approximate surface area is 184 Å². The van der Waals surface area contributed by atoms with E-state index in [0.29, 0.717) is 5.16 Å². The molecule has 1 N–H and O–H groups in total.